The first-order valence-electron chi connectivity index (χ1n) is 6.69. The summed E-state index contributed by atoms with van der Waals surface area (Å²) in [5, 5.41) is 3.65. The molecule has 0 aliphatic heterocycles. The highest BCUT2D eigenvalue weighted by molar-refractivity contribution is 5.25. The monoisotopic (exact) mass is 215 g/mol. The maximum atomic E-state index is 3.65. The first-order chi connectivity index (χ1) is 7.93. The van der Waals surface area contributed by atoms with E-state index in [1.807, 2.05) is 0 Å². The maximum Gasteiger partial charge on any atom is -0.00143 e. The normalized spacial score (nSPS) is 28.8. The largest absolute Gasteiger partial charge is 0.316 e. The topological polar surface area (TPSA) is 12.0 Å². The van der Waals surface area contributed by atoms with Crippen molar-refractivity contribution in [1.29, 1.82) is 0 Å². The second-order valence-electron chi connectivity index (χ2n) is 5.47. The van der Waals surface area contributed by atoms with Crippen LogP contribution in [-0.4, -0.2) is 13.1 Å². The molecule has 0 radical (unpaired) electrons. The summed E-state index contributed by atoms with van der Waals surface area (Å²) in [4.78, 5) is 0. The molecular formula is C15H21N. The third-order valence-electron chi connectivity index (χ3n) is 4.21. The Morgan fingerprint density at radius 2 is 1.88 bits per heavy atom. The summed E-state index contributed by atoms with van der Waals surface area (Å²) in [5.74, 6) is 2.74. The van der Waals surface area contributed by atoms with Crippen LogP contribution in [0.2, 0.25) is 0 Å². The first-order valence-corrected chi connectivity index (χ1v) is 6.69. The molecule has 0 spiro atoms. The van der Waals surface area contributed by atoms with E-state index in [0.29, 0.717) is 0 Å². The molecule has 2 saturated carbocycles. The lowest BCUT2D eigenvalue weighted by Crippen LogP contribution is -2.28. The van der Waals surface area contributed by atoms with Crippen molar-refractivity contribution in [2.24, 2.45) is 11.8 Å². The van der Waals surface area contributed by atoms with Crippen LogP contribution >= 0.6 is 0 Å². The van der Waals surface area contributed by atoms with Crippen molar-refractivity contribution in [3.05, 3.63) is 35.9 Å². The zero-order valence-corrected chi connectivity index (χ0v) is 9.86. The second kappa shape index (κ2) is 4.58. The number of nitrogens with one attached hydrogen (secondary N) is 1. The maximum absolute atomic E-state index is 3.65. The van der Waals surface area contributed by atoms with Crippen molar-refractivity contribution in [1.82, 2.24) is 5.32 Å². The van der Waals surface area contributed by atoms with Gasteiger partial charge in [0.15, 0.2) is 0 Å². The summed E-state index contributed by atoms with van der Waals surface area (Å²) < 4.78 is 0. The lowest BCUT2D eigenvalue weighted by molar-refractivity contribution is 0.300. The Hall–Kier alpha value is -0.820. The third-order valence-corrected chi connectivity index (χ3v) is 4.21. The van der Waals surface area contributed by atoms with Gasteiger partial charge in [0.1, 0.15) is 0 Å². The van der Waals surface area contributed by atoms with E-state index in [2.05, 4.69) is 35.6 Å². The predicted molar refractivity (Wildman–Crippen MR) is 67.5 cm³/mol. The minimum absolute atomic E-state index is 0.843. The van der Waals surface area contributed by atoms with E-state index in [1.54, 1.807) is 0 Å². The van der Waals surface area contributed by atoms with Gasteiger partial charge in [0.25, 0.3) is 0 Å². The van der Waals surface area contributed by atoms with Gasteiger partial charge in [-0.3, -0.25) is 0 Å². The fourth-order valence-electron chi connectivity index (χ4n) is 2.75. The van der Waals surface area contributed by atoms with Gasteiger partial charge in [0.2, 0.25) is 0 Å². The molecular weight excluding hydrogens is 194 g/mol. The molecule has 0 saturated heterocycles. The van der Waals surface area contributed by atoms with Crippen molar-refractivity contribution in [3.63, 3.8) is 0 Å². The minimum atomic E-state index is 0.843. The third kappa shape index (κ3) is 2.30. The van der Waals surface area contributed by atoms with Gasteiger partial charge in [-0.1, -0.05) is 36.8 Å². The van der Waals surface area contributed by atoms with Crippen LogP contribution in [0.1, 0.15) is 37.2 Å². The molecule has 1 aromatic rings. The molecule has 2 atom stereocenters. The quantitative estimate of drug-likeness (QED) is 0.795. The summed E-state index contributed by atoms with van der Waals surface area (Å²) in [6, 6.07) is 11.0. The van der Waals surface area contributed by atoms with Crippen molar-refractivity contribution >= 4 is 0 Å². The van der Waals surface area contributed by atoms with Crippen LogP contribution in [0.5, 0.6) is 0 Å². The van der Waals surface area contributed by atoms with E-state index in [-0.39, 0.29) is 0 Å². The Balaban J connectivity index is 1.39. The molecule has 3 rings (SSSR count). The highest BCUT2D eigenvalue weighted by atomic mass is 14.9. The van der Waals surface area contributed by atoms with Crippen LogP contribution in [0.15, 0.2) is 30.3 Å². The fourth-order valence-corrected chi connectivity index (χ4v) is 2.75. The lowest BCUT2D eigenvalue weighted by Gasteiger charge is -2.25. The highest BCUT2D eigenvalue weighted by Crippen LogP contribution is 2.46. The molecule has 0 heterocycles. The van der Waals surface area contributed by atoms with E-state index in [1.165, 1.54) is 44.3 Å². The Morgan fingerprint density at radius 3 is 2.56 bits per heavy atom. The number of hydrogen-bond acceptors (Lipinski definition) is 1. The van der Waals surface area contributed by atoms with Gasteiger partial charge >= 0.3 is 0 Å². The van der Waals surface area contributed by atoms with E-state index in [9.17, 15) is 0 Å². The second-order valence-corrected chi connectivity index (χ2v) is 5.47. The van der Waals surface area contributed by atoms with Crippen molar-refractivity contribution < 1.29 is 0 Å². The Kier molecular flexibility index (Phi) is 2.96. The van der Waals surface area contributed by atoms with Crippen LogP contribution in [0.3, 0.4) is 0 Å². The zero-order chi connectivity index (χ0) is 10.8. The molecule has 0 bridgehead atoms. The van der Waals surface area contributed by atoms with E-state index >= 15 is 0 Å². The summed E-state index contributed by atoms with van der Waals surface area (Å²) in [6.45, 7) is 2.49. The van der Waals surface area contributed by atoms with Crippen molar-refractivity contribution in [2.45, 2.75) is 31.6 Å². The summed E-state index contributed by atoms with van der Waals surface area (Å²) in [6.07, 6.45) is 5.77. The lowest BCUT2D eigenvalue weighted by atomic mass is 9.85. The summed E-state index contributed by atoms with van der Waals surface area (Å²) >= 11 is 0. The van der Waals surface area contributed by atoms with Crippen LogP contribution in [0.25, 0.3) is 0 Å². The Bertz CT molecular complexity index is 329. The van der Waals surface area contributed by atoms with E-state index < -0.39 is 0 Å². The number of benzene rings is 1. The van der Waals surface area contributed by atoms with Gasteiger partial charge in [-0.15, -0.1) is 0 Å². The summed E-state index contributed by atoms with van der Waals surface area (Å²) in [7, 11) is 0. The first kappa shape index (κ1) is 10.3. The van der Waals surface area contributed by atoms with E-state index in [4.69, 9.17) is 0 Å². The standard InChI is InChI=1S/C15H21N/c1-2-7-13(8-3-1)15-9-14(15)11-16-10-12-5-4-6-12/h1-3,7-8,12,14-16H,4-6,9-11H2. The molecule has 0 aromatic heterocycles. The van der Waals surface area contributed by atoms with Gasteiger partial charge < -0.3 is 5.32 Å². The SMILES string of the molecule is c1ccc(C2CC2CNCC2CCC2)cc1. The molecule has 16 heavy (non-hydrogen) atoms. The zero-order valence-electron chi connectivity index (χ0n) is 9.86. The smallest absolute Gasteiger partial charge is 0.00143 e. The molecule has 2 fully saturated rings. The molecule has 1 aromatic carbocycles. The van der Waals surface area contributed by atoms with Crippen molar-refractivity contribution in [3.8, 4) is 0 Å². The molecule has 2 aliphatic carbocycles. The minimum Gasteiger partial charge on any atom is -0.316 e. The summed E-state index contributed by atoms with van der Waals surface area (Å²) in [5.41, 5.74) is 1.54. The van der Waals surface area contributed by atoms with Gasteiger partial charge in [-0.05, 0) is 55.7 Å². The van der Waals surface area contributed by atoms with Gasteiger partial charge in [-0.25, -0.2) is 0 Å². The van der Waals surface area contributed by atoms with Crippen LogP contribution in [0.4, 0.5) is 0 Å². The Morgan fingerprint density at radius 1 is 1.06 bits per heavy atom. The average molecular weight is 215 g/mol. The van der Waals surface area contributed by atoms with Crippen molar-refractivity contribution in [2.75, 3.05) is 13.1 Å². The molecule has 0 amide bonds. The Labute approximate surface area is 98.3 Å². The van der Waals surface area contributed by atoms with Gasteiger partial charge in [-0.2, -0.15) is 0 Å². The van der Waals surface area contributed by atoms with Crippen LogP contribution in [-0.2, 0) is 0 Å². The van der Waals surface area contributed by atoms with Crippen LogP contribution in [0, 0.1) is 11.8 Å². The number of hydrogen-bond donors (Lipinski definition) is 1. The van der Waals surface area contributed by atoms with Gasteiger partial charge in [0.05, 0.1) is 0 Å². The molecule has 2 unspecified atom stereocenters. The molecule has 2 aliphatic rings. The van der Waals surface area contributed by atoms with E-state index in [0.717, 1.165) is 17.8 Å². The molecule has 1 nitrogen and oxygen atoms in total. The predicted octanol–water partition coefficient (Wildman–Crippen LogP) is 3.18. The fraction of sp³-hybridized carbons (Fsp3) is 0.600. The highest BCUT2D eigenvalue weighted by Gasteiger charge is 2.37. The van der Waals surface area contributed by atoms with Crippen LogP contribution < -0.4 is 5.32 Å². The van der Waals surface area contributed by atoms with Gasteiger partial charge in [0, 0.05) is 0 Å². The molecule has 1 N–H and O–H groups in total. The molecule has 1 heteroatoms. The average Bonchev–Trinajstić information content (AvgIpc) is 3.03. The molecule has 86 valence electrons. The number of rotatable bonds is 5.